The van der Waals surface area contributed by atoms with Crippen LogP contribution in [0.1, 0.15) is 19.8 Å². The first-order valence-corrected chi connectivity index (χ1v) is 6.48. The molecule has 0 saturated carbocycles. The van der Waals surface area contributed by atoms with Gasteiger partial charge in [-0.25, -0.2) is 9.97 Å². The SMILES string of the molecule is CC(CCCNC(=O)CN(C)c1ncccn1)C(=O)O. The third kappa shape index (κ3) is 5.64. The van der Waals surface area contributed by atoms with Gasteiger partial charge in [0.25, 0.3) is 0 Å². The predicted molar refractivity (Wildman–Crippen MR) is 74.3 cm³/mol. The van der Waals surface area contributed by atoms with Gasteiger partial charge in [0.2, 0.25) is 11.9 Å². The largest absolute Gasteiger partial charge is 0.481 e. The molecule has 1 rings (SSSR count). The van der Waals surface area contributed by atoms with Crippen LogP contribution in [0.4, 0.5) is 5.95 Å². The highest BCUT2D eigenvalue weighted by Gasteiger charge is 2.11. The fourth-order valence-corrected chi connectivity index (χ4v) is 1.59. The molecule has 1 aromatic rings. The van der Waals surface area contributed by atoms with Crippen molar-refractivity contribution in [2.75, 3.05) is 25.0 Å². The van der Waals surface area contributed by atoms with Crippen molar-refractivity contribution in [1.29, 1.82) is 0 Å². The predicted octanol–water partition coefficient (Wildman–Crippen LogP) is 0.530. The monoisotopic (exact) mass is 280 g/mol. The Labute approximate surface area is 118 Å². The molecule has 1 aromatic heterocycles. The van der Waals surface area contributed by atoms with Crippen molar-refractivity contribution in [3.8, 4) is 0 Å². The molecule has 1 heterocycles. The molecule has 0 aliphatic heterocycles. The van der Waals surface area contributed by atoms with Crippen molar-refractivity contribution in [2.24, 2.45) is 5.92 Å². The van der Waals surface area contributed by atoms with Crippen molar-refractivity contribution >= 4 is 17.8 Å². The van der Waals surface area contributed by atoms with Gasteiger partial charge in [-0.1, -0.05) is 6.92 Å². The summed E-state index contributed by atoms with van der Waals surface area (Å²) in [5.74, 6) is -0.838. The molecule has 0 saturated heterocycles. The van der Waals surface area contributed by atoms with Crippen molar-refractivity contribution in [1.82, 2.24) is 15.3 Å². The molecular weight excluding hydrogens is 260 g/mol. The van der Waals surface area contributed by atoms with Crippen molar-refractivity contribution in [3.05, 3.63) is 18.5 Å². The van der Waals surface area contributed by atoms with E-state index in [0.717, 1.165) is 0 Å². The van der Waals surface area contributed by atoms with Crippen LogP contribution in [0.25, 0.3) is 0 Å². The van der Waals surface area contributed by atoms with Crippen LogP contribution in [-0.2, 0) is 9.59 Å². The fourth-order valence-electron chi connectivity index (χ4n) is 1.59. The highest BCUT2D eigenvalue weighted by atomic mass is 16.4. The second-order valence-electron chi connectivity index (χ2n) is 4.64. The maximum absolute atomic E-state index is 11.7. The Balaban J connectivity index is 2.22. The van der Waals surface area contributed by atoms with Gasteiger partial charge in [-0.05, 0) is 18.9 Å². The molecule has 0 radical (unpaired) electrons. The third-order valence-electron chi connectivity index (χ3n) is 2.83. The summed E-state index contributed by atoms with van der Waals surface area (Å²) in [6.07, 6.45) is 4.42. The molecule has 1 atom stereocenters. The highest BCUT2D eigenvalue weighted by molar-refractivity contribution is 5.80. The quantitative estimate of drug-likeness (QED) is 0.674. The lowest BCUT2D eigenvalue weighted by atomic mass is 10.1. The number of carboxylic acid groups (broad SMARTS) is 1. The number of hydrogen-bond acceptors (Lipinski definition) is 5. The molecule has 20 heavy (non-hydrogen) atoms. The minimum absolute atomic E-state index is 0.136. The summed E-state index contributed by atoms with van der Waals surface area (Å²) in [6.45, 7) is 2.29. The Morgan fingerprint density at radius 3 is 2.65 bits per heavy atom. The van der Waals surface area contributed by atoms with Crippen molar-refractivity contribution in [2.45, 2.75) is 19.8 Å². The second kappa shape index (κ2) is 8.08. The van der Waals surface area contributed by atoms with Gasteiger partial charge in [-0.15, -0.1) is 0 Å². The molecule has 0 fully saturated rings. The zero-order valence-electron chi connectivity index (χ0n) is 11.7. The fraction of sp³-hybridized carbons (Fsp3) is 0.538. The summed E-state index contributed by atoms with van der Waals surface area (Å²) < 4.78 is 0. The number of anilines is 1. The molecule has 1 amide bonds. The Bertz CT molecular complexity index is 439. The van der Waals surface area contributed by atoms with Crippen LogP contribution in [0, 0.1) is 5.92 Å². The van der Waals surface area contributed by atoms with Crippen LogP contribution >= 0.6 is 0 Å². The van der Waals surface area contributed by atoms with E-state index in [2.05, 4.69) is 15.3 Å². The number of hydrogen-bond donors (Lipinski definition) is 2. The minimum Gasteiger partial charge on any atom is -0.481 e. The number of aromatic nitrogens is 2. The molecule has 0 spiro atoms. The van der Waals surface area contributed by atoms with Crippen LogP contribution in [0.5, 0.6) is 0 Å². The topological polar surface area (TPSA) is 95.4 Å². The van der Waals surface area contributed by atoms with Gasteiger partial charge in [0.05, 0.1) is 12.5 Å². The lowest BCUT2D eigenvalue weighted by Gasteiger charge is -2.16. The Morgan fingerprint density at radius 1 is 1.40 bits per heavy atom. The number of carboxylic acids is 1. The average Bonchev–Trinajstić information content (AvgIpc) is 2.44. The number of aliphatic carboxylic acids is 1. The number of amides is 1. The first kappa shape index (κ1) is 15.9. The van der Waals surface area contributed by atoms with E-state index in [4.69, 9.17) is 5.11 Å². The van der Waals surface area contributed by atoms with Crippen LogP contribution in [0.2, 0.25) is 0 Å². The maximum atomic E-state index is 11.7. The smallest absolute Gasteiger partial charge is 0.306 e. The summed E-state index contributed by atoms with van der Waals surface area (Å²) in [5, 5.41) is 11.5. The van der Waals surface area contributed by atoms with Crippen LogP contribution < -0.4 is 10.2 Å². The zero-order valence-corrected chi connectivity index (χ0v) is 11.7. The maximum Gasteiger partial charge on any atom is 0.306 e. The number of carbonyl (C=O) groups is 2. The zero-order chi connectivity index (χ0) is 15.0. The van der Waals surface area contributed by atoms with Gasteiger partial charge in [0.15, 0.2) is 0 Å². The van der Waals surface area contributed by atoms with E-state index in [1.54, 1.807) is 37.3 Å². The van der Waals surface area contributed by atoms with Gasteiger partial charge >= 0.3 is 5.97 Å². The van der Waals surface area contributed by atoms with Gasteiger partial charge in [0.1, 0.15) is 0 Å². The highest BCUT2D eigenvalue weighted by Crippen LogP contribution is 2.04. The van der Waals surface area contributed by atoms with Gasteiger partial charge in [0, 0.05) is 26.0 Å². The number of rotatable bonds is 8. The summed E-state index contributed by atoms with van der Waals surface area (Å²) in [4.78, 5) is 32.0. The van der Waals surface area contributed by atoms with E-state index < -0.39 is 5.97 Å². The molecule has 0 aromatic carbocycles. The van der Waals surface area contributed by atoms with E-state index in [1.807, 2.05) is 0 Å². The first-order chi connectivity index (χ1) is 9.50. The van der Waals surface area contributed by atoms with Gasteiger partial charge < -0.3 is 15.3 Å². The molecule has 0 bridgehead atoms. The van der Waals surface area contributed by atoms with E-state index in [9.17, 15) is 9.59 Å². The summed E-state index contributed by atoms with van der Waals surface area (Å²) in [5.41, 5.74) is 0. The van der Waals surface area contributed by atoms with Crippen LogP contribution in [0.15, 0.2) is 18.5 Å². The Hall–Kier alpha value is -2.18. The molecule has 0 aliphatic carbocycles. The molecular formula is C13H20N4O3. The molecule has 7 heteroatoms. The molecule has 1 unspecified atom stereocenters. The second-order valence-corrected chi connectivity index (χ2v) is 4.64. The van der Waals surface area contributed by atoms with Gasteiger partial charge in [-0.3, -0.25) is 9.59 Å². The van der Waals surface area contributed by atoms with E-state index in [-0.39, 0.29) is 18.4 Å². The molecule has 0 aliphatic rings. The standard InChI is InChI=1S/C13H20N4O3/c1-10(12(19)20)5-3-6-14-11(18)9-17(2)13-15-7-4-8-16-13/h4,7-8,10H,3,5-6,9H2,1-2H3,(H,14,18)(H,19,20). The summed E-state index contributed by atoms with van der Waals surface area (Å²) in [6, 6.07) is 1.71. The molecule has 2 N–H and O–H groups in total. The number of nitrogens with one attached hydrogen (secondary N) is 1. The van der Waals surface area contributed by atoms with Crippen molar-refractivity contribution in [3.63, 3.8) is 0 Å². The Morgan fingerprint density at radius 2 is 2.05 bits per heavy atom. The van der Waals surface area contributed by atoms with E-state index in [1.165, 1.54) is 0 Å². The van der Waals surface area contributed by atoms with E-state index >= 15 is 0 Å². The first-order valence-electron chi connectivity index (χ1n) is 6.48. The van der Waals surface area contributed by atoms with E-state index in [0.29, 0.717) is 25.3 Å². The third-order valence-corrected chi connectivity index (χ3v) is 2.83. The van der Waals surface area contributed by atoms with Crippen LogP contribution in [-0.4, -0.2) is 47.1 Å². The number of carbonyl (C=O) groups excluding carboxylic acids is 1. The Kier molecular flexibility index (Phi) is 6.42. The average molecular weight is 280 g/mol. The summed E-state index contributed by atoms with van der Waals surface area (Å²) >= 11 is 0. The summed E-state index contributed by atoms with van der Waals surface area (Å²) in [7, 11) is 1.74. The van der Waals surface area contributed by atoms with Gasteiger partial charge in [-0.2, -0.15) is 0 Å². The molecule has 7 nitrogen and oxygen atoms in total. The lowest BCUT2D eigenvalue weighted by molar-refractivity contribution is -0.141. The normalized spacial score (nSPS) is 11.7. The van der Waals surface area contributed by atoms with Crippen molar-refractivity contribution < 1.29 is 14.7 Å². The minimum atomic E-state index is -0.808. The number of nitrogens with zero attached hydrogens (tertiary/aromatic N) is 3. The number of likely N-dealkylation sites (N-methyl/N-ethyl adjacent to an activating group) is 1. The van der Waals surface area contributed by atoms with Crippen LogP contribution in [0.3, 0.4) is 0 Å². The molecule has 110 valence electrons. The lowest BCUT2D eigenvalue weighted by Crippen LogP contribution is -2.36.